The molecule has 3 aromatic rings. The molecule has 0 spiro atoms. The van der Waals surface area contributed by atoms with E-state index in [1.165, 1.54) is 12.7 Å². The average Bonchev–Trinajstić information content (AvgIpc) is 3.01. The zero-order valence-corrected chi connectivity index (χ0v) is 17.3. The number of carbonyl (C=O) groups excluding carboxylic acids is 1. The number of nitrogens with zero attached hydrogens (tertiary/aromatic N) is 2. The first-order valence-corrected chi connectivity index (χ1v) is 9.26. The van der Waals surface area contributed by atoms with Crippen LogP contribution in [-0.2, 0) is 0 Å². The molecule has 0 aliphatic heterocycles. The summed E-state index contributed by atoms with van der Waals surface area (Å²) in [7, 11) is 3.07. The van der Waals surface area contributed by atoms with Crippen LogP contribution in [0.25, 0.3) is 5.69 Å². The van der Waals surface area contributed by atoms with Crippen molar-refractivity contribution < 1.29 is 14.3 Å². The van der Waals surface area contributed by atoms with Crippen molar-refractivity contribution in [3.8, 4) is 17.2 Å². The molecule has 29 heavy (non-hydrogen) atoms. The van der Waals surface area contributed by atoms with Crippen molar-refractivity contribution in [3.63, 3.8) is 0 Å². The maximum absolute atomic E-state index is 12.5. The first-order chi connectivity index (χ1) is 13.9. The Morgan fingerprint density at radius 1 is 1.00 bits per heavy atom. The molecule has 0 bridgehead atoms. The minimum Gasteiger partial charge on any atom is -0.497 e. The van der Waals surface area contributed by atoms with Gasteiger partial charge < -0.3 is 14.0 Å². The second-order valence-electron chi connectivity index (χ2n) is 6.76. The standard InChI is InChI=1S/C23H25N3O3/c1-15-6-8-19(9-7-15)26-16(2)12-18(17(26)3)14-24-25-23(27)21-11-10-20(28-4)13-22(21)29-5/h6-14H,1-5H3,(H,25,27). The lowest BCUT2D eigenvalue weighted by Gasteiger charge is -2.10. The third-order valence-electron chi connectivity index (χ3n) is 4.79. The molecule has 6 nitrogen and oxygen atoms in total. The molecule has 0 aliphatic rings. The summed E-state index contributed by atoms with van der Waals surface area (Å²) in [6.45, 7) is 6.14. The van der Waals surface area contributed by atoms with Gasteiger partial charge in [0.15, 0.2) is 0 Å². The van der Waals surface area contributed by atoms with Crippen LogP contribution in [0, 0.1) is 20.8 Å². The Labute approximate surface area is 170 Å². The molecular weight excluding hydrogens is 366 g/mol. The van der Waals surface area contributed by atoms with Crippen molar-refractivity contribution >= 4 is 12.1 Å². The molecule has 0 fully saturated rings. The summed E-state index contributed by atoms with van der Waals surface area (Å²) in [4.78, 5) is 12.5. The van der Waals surface area contributed by atoms with E-state index in [1.807, 2.05) is 19.9 Å². The molecule has 1 N–H and O–H groups in total. The third kappa shape index (κ3) is 4.32. The number of aryl methyl sites for hydroxylation is 2. The van der Waals surface area contributed by atoms with Gasteiger partial charge in [-0.25, -0.2) is 5.43 Å². The van der Waals surface area contributed by atoms with Crippen molar-refractivity contribution in [1.82, 2.24) is 9.99 Å². The quantitative estimate of drug-likeness (QED) is 0.506. The van der Waals surface area contributed by atoms with Gasteiger partial charge in [-0.2, -0.15) is 5.10 Å². The fourth-order valence-corrected chi connectivity index (χ4v) is 3.22. The van der Waals surface area contributed by atoms with E-state index < -0.39 is 0 Å². The summed E-state index contributed by atoms with van der Waals surface area (Å²) < 4.78 is 12.6. The van der Waals surface area contributed by atoms with E-state index >= 15 is 0 Å². The molecule has 0 saturated carbocycles. The van der Waals surface area contributed by atoms with Gasteiger partial charge in [-0.05, 0) is 51.1 Å². The highest BCUT2D eigenvalue weighted by Gasteiger charge is 2.13. The maximum Gasteiger partial charge on any atom is 0.275 e. The molecule has 1 amide bonds. The predicted molar refractivity (Wildman–Crippen MR) is 115 cm³/mol. The number of hydrazone groups is 1. The number of amides is 1. The predicted octanol–water partition coefficient (Wildman–Crippen LogP) is 4.18. The molecular formula is C23H25N3O3. The zero-order chi connectivity index (χ0) is 21.0. The van der Waals surface area contributed by atoms with Gasteiger partial charge >= 0.3 is 0 Å². The largest absolute Gasteiger partial charge is 0.497 e. The lowest BCUT2D eigenvalue weighted by molar-refractivity contribution is 0.0952. The SMILES string of the molecule is COc1ccc(C(=O)NN=Cc2cc(C)n(-c3ccc(C)cc3)c2C)c(OC)c1. The van der Waals surface area contributed by atoms with Gasteiger partial charge in [-0.1, -0.05) is 17.7 Å². The monoisotopic (exact) mass is 391 g/mol. The molecule has 0 radical (unpaired) electrons. The Bertz CT molecular complexity index is 1050. The molecule has 3 rings (SSSR count). The van der Waals surface area contributed by atoms with Crippen molar-refractivity contribution in [2.75, 3.05) is 14.2 Å². The molecule has 1 aromatic heterocycles. The number of methoxy groups -OCH3 is 2. The molecule has 1 heterocycles. The van der Waals surface area contributed by atoms with Crippen LogP contribution in [0.5, 0.6) is 11.5 Å². The third-order valence-corrected chi connectivity index (χ3v) is 4.79. The minimum absolute atomic E-state index is 0.354. The summed E-state index contributed by atoms with van der Waals surface area (Å²) >= 11 is 0. The second-order valence-corrected chi connectivity index (χ2v) is 6.76. The number of hydrogen-bond donors (Lipinski definition) is 1. The van der Waals surface area contributed by atoms with Crippen LogP contribution in [0.4, 0.5) is 0 Å². The number of benzene rings is 2. The maximum atomic E-state index is 12.5. The minimum atomic E-state index is -0.354. The Morgan fingerprint density at radius 3 is 2.38 bits per heavy atom. The smallest absolute Gasteiger partial charge is 0.275 e. The van der Waals surface area contributed by atoms with Crippen molar-refractivity contribution in [2.45, 2.75) is 20.8 Å². The van der Waals surface area contributed by atoms with Crippen LogP contribution in [-0.4, -0.2) is 30.9 Å². The fraction of sp³-hybridized carbons (Fsp3) is 0.217. The van der Waals surface area contributed by atoms with Gasteiger partial charge in [0.2, 0.25) is 0 Å². The molecule has 150 valence electrons. The van der Waals surface area contributed by atoms with Crippen LogP contribution in [0.2, 0.25) is 0 Å². The zero-order valence-electron chi connectivity index (χ0n) is 17.3. The average molecular weight is 391 g/mol. The van der Waals surface area contributed by atoms with E-state index in [1.54, 1.807) is 31.5 Å². The van der Waals surface area contributed by atoms with E-state index in [2.05, 4.69) is 46.3 Å². The summed E-state index contributed by atoms with van der Waals surface area (Å²) in [5.41, 5.74) is 8.34. The lowest BCUT2D eigenvalue weighted by atomic mass is 10.2. The van der Waals surface area contributed by atoms with Crippen LogP contribution >= 0.6 is 0 Å². The molecule has 6 heteroatoms. The Balaban J connectivity index is 1.78. The van der Waals surface area contributed by atoms with Gasteiger partial charge in [0.05, 0.1) is 26.0 Å². The number of nitrogens with one attached hydrogen (secondary N) is 1. The van der Waals surface area contributed by atoms with E-state index in [0.717, 1.165) is 22.6 Å². The van der Waals surface area contributed by atoms with Crippen LogP contribution in [0.3, 0.4) is 0 Å². The van der Waals surface area contributed by atoms with Gasteiger partial charge in [0, 0.05) is 28.7 Å². The summed E-state index contributed by atoms with van der Waals surface area (Å²) in [6.07, 6.45) is 1.65. The van der Waals surface area contributed by atoms with E-state index in [4.69, 9.17) is 9.47 Å². The number of aromatic nitrogens is 1. The molecule has 0 unspecified atom stereocenters. The van der Waals surface area contributed by atoms with Crippen molar-refractivity contribution in [2.24, 2.45) is 5.10 Å². The Morgan fingerprint density at radius 2 is 1.72 bits per heavy atom. The van der Waals surface area contributed by atoms with E-state index in [9.17, 15) is 4.79 Å². The van der Waals surface area contributed by atoms with Crippen LogP contribution in [0.15, 0.2) is 53.6 Å². The highest BCUT2D eigenvalue weighted by molar-refractivity contribution is 5.97. The summed E-state index contributed by atoms with van der Waals surface area (Å²) in [5, 5.41) is 4.13. The molecule has 0 saturated heterocycles. The normalized spacial score (nSPS) is 10.9. The van der Waals surface area contributed by atoms with Gasteiger partial charge in [-0.3, -0.25) is 4.79 Å². The van der Waals surface area contributed by atoms with Crippen molar-refractivity contribution in [3.05, 3.63) is 76.6 Å². The number of ether oxygens (including phenoxy) is 2. The second kappa shape index (κ2) is 8.65. The van der Waals surface area contributed by atoms with Gasteiger partial charge in [0.25, 0.3) is 5.91 Å². The summed E-state index contributed by atoms with van der Waals surface area (Å²) in [5.74, 6) is 0.688. The first-order valence-electron chi connectivity index (χ1n) is 9.26. The van der Waals surface area contributed by atoms with Gasteiger partial charge in [-0.15, -0.1) is 0 Å². The van der Waals surface area contributed by atoms with Gasteiger partial charge in [0.1, 0.15) is 11.5 Å². The Hall–Kier alpha value is -3.54. The highest BCUT2D eigenvalue weighted by atomic mass is 16.5. The summed E-state index contributed by atoms with van der Waals surface area (Å²) in [6, 6.07) is 15.4. The van der Waals surface area contributed by atoms with Crippen LogP contribution in [0.1, 0.15) is 32.9 Å². The molecule has 0 aliphatic carbocycles. The fourth-order valence-electron chi connectivity index (χ4n) is 3.22. The molecule has 2 aromatic carbocycles. The van der Waals surface area contributed by atoms with Crippen LogP contribution < -0.4 is 14.9 Å². The van der Waals surface area contributed by atoms with E-state index in [0.29, 0.717) is 17.1 Å². The number of hydrogen-bond acceptors (Lipinski definition) is 4. The molecule has 0 atom stereocenters. The van der Waals surface area contributed by atoms with Crippen molar-refractivity contribution in [1.29, 1.82) is 0 Å². The van der Waals surface area contributed by atoms with E-state index in [-0.39, 0.29) is 5.91 Å². The number of rotatable bonds is 6. The highest BCUT2D eigenvalue weighted by Crippen LogP contribution is 2.24. The topological polar surface area (TPSA) is 64.8 Å². The Kier molecular flexibility index (Phi) is 6.02. The lowest BCUT2D eigenvalue weighted by Crippen LogP contribution is -2.18. The number of carbonyl (C=O) groups is 1. The first kappa shape index (κ1) is 20.2.